The van der Waals surface area contributed by atoms with Crippen molar-refractivity contribution in [1.82, 2.24) is 0 Å². The Morgan fingerprint density at radius 1 is 1.21 bits per heavy atom. The molecule has 0 aliphatic rings. The second-order valence-electron chi connectivity index (χ2n) is 5.85. The number of nitrogens with zero attached hydrogens (tertiary/aromatic N) is 1. The summed E-state index contributed by atoms with van der Waals surface area (Å²) in [4.78, 5) is 11.8. The van der Waals surface area contributed by atoms with E-state index in [1.165, 1.54) is 25.1 Å². The number of hydrogen-bond acceptors (Lipinski definition) is 7. The Kier molecular flexibility index (Phi) is 7.17. The molecule has 0 aliphatic heterocycles. The maximum atomic E-state index is 12.0. The molecule has 0 aromatic heterocycles. The van der Waals surface area contributed by atoms with Crippen LogP contribution in [0.2, 0.25) is 0 Å². The number of nitriles is 1. The predicted octanol–water partition coefficient (Wildman–Crippen LogP) is 0.823. The number of anilines is 1. The molecule has 0 bridgehead atoms. The zero-order chi connectivity index (χ0) is 20.7. The molecular formula is C18H19BN2O6S. The Morgan fingerprint density at radius 3 is 2.46 bits per heavy atom. The minimum atomic E-state index is -3.54. The first-order valence-electron chi connectivity index (χ1n) is 8.42. The molecule has 0 atom stereocenters. The normalized spacial score (nSPS) is 10.8. The van der Waals surface area contributed by atoms with Gasteiger partial charge in [-0.15, -0.1) is 0 Å². The van der Waals surface area contributed by atoms with Crippen LogP contribution in [0, 0.1) is 11.3 Å². The summed E-state index contributed by atoms with van der Waals surface area (Å²) in [7, 11) is -5.07. The topological polar surface area (TPSA) is 137 Å². The molecule has 2 aromatic carbocycles. The van der Waals surface area contributed by atoms with Crippen molar-refractivity contribution < 1.29 is 28.0 Å². The van der Waals surface area contributed by atoms with E-state index in [-0.39, 0.29) is 28.5 Å². The summed E-state index contributed by atoms with van der Waals surface area (Å²) in [6.45, 7) is 1.57. The van der Waals surface area contributed by atoms with E-state index in [0.717, 1.165) is 5.56 Å². The Labute approximate surface area is 163 Å². The smallest absolute Gasteiger partial charge is 0.449 e. The molecule has 8 nitrogen and oxygen atoms in total. The van der Waals surface area contributed by atoms with Gasteiger partial charge in [-0.25, -0.2) is 13.2 Å². The number of hydrogen-bond donors (Lipinski definition) is 3. The Balaban J connectivity index is 1.93. The standard InChI is InChI=1S/C18H19BN2O6S/c1-2-28(25,26)17-8-7-16(11-14(17)12-20)21-18(22)27-10-9-13-3-5-15(6-4-13)19(23)24/h3-8,11,23-24H,2,9-10H2,1H3,(H,21,22). The van der Waals surface area contributed by atoms with Gasteiger partial charge in [-0.05, 0) is 29.2 Å². The summed E-state index contributed by atoms with van der Waals surface area (Å²) in [5.74, 6) is -0.130. The molecule has 0 radical (unpaired) electrons. The number of benzene rings is 2. The fraction of sp³-hybridized carbons (Fsp3) is 0.222. The van der Waals surface area contributed by atoms with Crippen LogP contribution in [0.5, 0.6) is 0 Å². The molecule has 1 amide bonds. The van der Waals surface area contributed by atoms with Crippen molar-refractivity contribution in [2.45, 2.75) is 18.2 Å². The lowest BCUT2D eigenvalue weighted by Crippen LogP contribution is -2.29. The van der Waals surface area contributed by atoms with Gasteiger partial charge in [0.15, 0.2) is 9.84 Å². The van der Waals surface area contributed by atoms with Crippen LogP contribution in [0.15, 0.2) is 47.4 Å². The zero-order valence-corrected chi connectivity index (χ0v) is 15.9. The second kappa shape index (κ2) is 9.37. The highest BCUT2D eigenvalue weighted by Crippen LogP contribution is 2.21. The third-order valence-corrected chi connectivity index (χ3v) is 5.75. The highest BCUT2D eigenvalue weighted by molar-refractivity contribution is 7.91. The van der Waals surface area contributed by atoms with Crippen molar-refractivity contribution in [2.24, 2.45) is 0 Å². The quantitative estimate of drug-likeness (QED) is 0.583. The van der Waals surface area contributed by atoms with Crippen LogP contribution < -0.4 is 10.8 Å². The lowest BCUT2D eigenvalue weighted by molar-refractivity contribution is 0.163. The summed E-state index contributed by atoms with van der Waals surface area (Å²) in [5.41, 5.74) is 1.41. The molecule has 0 saturated carbocycles. The molecule has 0 saturated heterocycles. The molecule has 0 fully saturated rings. The molecule has 146 valence electrons. The van der Waals surface area contributed by atoms with Crippen LogP contribution in [0.1, 0.15) is 18.1 Å². The molecular weight excluding hydrogens is 383 g/mol. The van der Waals surface area contributed by atoms with E-state index < -0.39 is 23.0 Å². The van der Waals surface area contributed by atoms with Gasteiger partial charge >= 0.3 is 13.2 Å². The van der Waals surface area contributed by atoms with Crippen molar-refractivity contribution >= 4 is 34.2 Å². The predicted molar refractivity (Wildman–Crippen MR) is 104 cm³/mol. The van der Waals surface area contributed by atoms with Crippen molar-refractivity contribution in [3.8, 4) is 6.07 Å². The monoisotopic (exact) mass is 402 g/mol. The second-order valence-corrected chi connectivity index (χ2v) is 8.10. The van der Waals surface area contributed by atoms with Gasteiger partial charge in [0.2, 0.25) is 0 Å². The van der Waals surface area contributed by atoms with Crippen molar-refractivity contribution in [1.29, 1.82) is 5.26 Å². The number of sulfone groups is 1. The van der Waals surface area contributed by atoms with Gasteiger partial charge in [0, 0.05) is 12.1 Å². The molecule has 0 aliphatic carbocycles. The van der Waals surface area contributed by atoms with Crippen molar-refractivity contribution in [3.63, 3.8) is 0 Å². The Bertz CT molecular complexity index is 984. The van der Waals surface area contributed by atoms with Crippen molar-refractivity contribution in [2.75, 3.05) is 17.7 Å². The number of amides is 1. The van der Waals surface area contributed by atoms with E-state index >= 15 is 0 Å². The highest BCUT2D eigenvalue weighted by Gasteiger charge is 2.17. The molecule has 0 heterocycles. The summed E-state index contributed by atoms with van der Waals surface area (Å²) in [6.07, 6.45) is -0.316. The van der Waals surface area contributed by atoms with E-state index in [4.69, 9.17) is 20.0 Å². The maximum Gasteiger partial charge on any atom is 0.488 e. The maximum absolute atomic E-state index is 12.0. The number of carbonyl (C=O) groups is 1. The van der Waals surface area contributed by atoms with E-state index in [0.29, 0.717) is 11.9 Å². The summed E-state index contributed by atoms with van der Waals surface area (Å²) in [6, 6.07) is 12.3. The third-order valence-electron chi connectivity index (χ3n) is 3.96. The Morgan fingerprint density at radius 2 is 1.89 bits per heavy atom. The van der Waals surface area contributed by atoms with Crippen LogP contribution in [0.3, 0.4) is 0 Å². The van der Waals surface area contributed by atoms with Gasteiger partial charge in [0.1, 0.15) is 6.07 Å². The molecule has 0 spiro atoms. The number of rotatable bonds is 7. The van der Waals surface area contributed by atoms with E-state index in [9.17, 15) is 13.2 Å². The van der Waals surface area contributed by atoms with Gasteiger partial charge in [-0.3, -0.25) is 5.32 Å². The van der Waals surface area contributed by atoms with Gasteiger partial charge in [0.25, 0.3) is 0 Å². The summed E-state index contributed by atoms with van der Waals surface area (Å²) >= 11 is 0. The highest BCUT2D eigenvalue weighted by atomic mass is 32.2. The van der Waals surface area contributed by atoms with Crippen LogP contribution >= 0.6 is 0 Å². The SMILES string of the molecule is CCS(=O)(=O)c1ccc(NC(=O)OCCc2ccc(B(O)O)cc2)cc1C#N. The lowest BCUT2D eigenvalue weighted by atomic mass is 9.80. The Hall–Kier alpha value is -2.87. The minimum Gasteiger partial charge on any atom is -0.449 e. The van der Waals surface area contributed by atoms with Crippen LogP contribution in [-0.4, -0.2) is 44.0 Å². The molecule has 28 heavy (non-hydrogen) atoms. The first kappa shape index (κ1) is 21.4. The minimum absolute atomic E-state index is 0.0502. The average Bonchev–Trinajstić information content (AvgIpc) is 2.68. The van der Waals surface area contributed by atoms with Crippen molar-refractivity contribution in [3.05, 3.63) is 53.6 Å². The number of carbonyl (C=O) groups excluding carboxylic acids is 1. The van der Waals surface area contributed by atoms with Gasteiger partial charge in [0.05, 0.1) is 22.8 Å². The van der Waals surface area contributed by atoms with E-state index in [1.54, 1.807) is 24.3 Å². The average molecular weight is 402 g/mol. The largest absolute Gasteiger partial charge is 0.488 e. The number of ether oxygens (including phenoxy) is 1. The fourth-order valence-corrected chi connectivity index (χ4v) is 3.42. The number of nitrogens with one attached hydrogen (secondary N) is 1. The molecule has 3 N–H and O–H groups in total. The molecule has 0 unspecified atom stereocenters. The van der Waals surface area contributed by atoms with Crippen LogP contribution in [-0.2, 0) is 21.0 Å². The first-order valence-corrected chi connectivity index (χ1v) is 10.1. The summed E-state index contributed by atoms with van der Waals surface area (Å²) in [5, 5.41) is 29.7. The van der Waals surface area contributed by atoms with Crippen LogP contribution in [0.4, 0.5) is 10.5 Å². The molecule has 10 heteroatoms. The molecule has 2 rings (SSSR count). The van der Waals surface area contributed by atoms with E-state index in [1.807, 2.05) is 6.07 Å². The van der Waals surface area contributed by atoms with Crippen LogP contribution in [0.25, 0.3) is 0 Å². The van der Waals surface area contributed by atoms with Gasteiger partial charge in [-0.1, -0.05) is 31.2 Å². The lowest BCUT2D eigenvalue weighted by Gasteiger charge is -2.09. The fourth-order valence-electron chi connectivity index (χ4n) is 2.39. The zero-order valence-electron chi connectivity index (χ0n) is 15.1. The summed E-state index contributed by atoms with van der Waals surface area (Å²) < 4.78 is 29.0. The van der Waals surface area contributed by atoms with E-state index in [2.05, 4.69) is 5.32 Å². The first-order chi connectivity index (χ1) is 13.3. The van der Waals surface area contributed by atoms with Gasteiger partial charge in [-0.2, -0.15) is 5.26 Å². The third kappa shape index (κ3) is 5.56. The molecule has 2 aromatic rings. The van der Waals surface area contributed by atoms with Gasteiger partial charge < -0.3 is 14.8 Å².